The van der Waals surface area contributed by atoms with E-state index in [1.165, 1.54) is 18.2 Å². The molecule has 2 aromatic rings. The number of carbonyl (C=O) groups excluding carboxylic acids is 3. The second kappa shape index (κ2) is 14.1. The maximum Gasteiger partial charge on any atom is 0.405 e. The number of nitrogens with one attached hydrogen (secondary N) is 3. The zero-order chi connectivity index (χ0) is 37.6. The third-order valence-electron chi connectivity index (χ3n) is 11.0. The number of carbonyl (C=O) groups is 4. The third-order valence-corrected chi connectivity index (χ3v) is 13.2. The fourth-order valence-corrected chi connectivity index (χ4v) is 8.75. The molecule has 2 aliphatic carbocycles. The summed E-state index contributed by atoms with van der Waals surface area (Å²) in [6.07, 6.45) is 6.05. The zero-order valence-corrected chi connectivity index (χ0v) is 30.8. The van der Waals surface area contributed by atoms with Crippen LogP contribution >= 0.6 is 0 Å². The van der Waals surface area contributed by atoms with E-state index in [9.17, 15) is 32.7 Å². The fourth-order valence-electron chi connectivity index (χ4n) is 7.44. The monoisotopic (exact) mass is 741 g/mol. The summed E-state index contributed by atoms with van der Waals surface area (Å²) in [6.45, 7) is 5.32. The van der Waals surface area contributed by atoms with Gasteiger partial charge in [0.05, 0.1) is 31.7 Å². The molecule has 282 valence electrons. The van der Waals surface area contributed by atoms with Crippen LogP contribution in [0, 0.1) is 17.8 Å². The van der Waals surface area contributed by atoms with Gasteiger partial charge in [0.1, 0.15) is 35.2 Å². The first-order valence-corrected chi connectivity index (χ1v) is 19.1. The molecule has 3 fully saturated rings. The molecule has 4 N–H and O–H groups in total. The predicted octanol–water partition coefficient (Wildman–Crippen LogP) is 3.12. The summed E-state index contributed by atoms with van der Waals surface area (Å²) in [5, 5.41) is 16.3. The Hall–Kier alpha value is -4.60. The van der Waals surface area contributed by atoms with Crippen molar-refractivity contribution in [3.63, 3.8) is 0 Å². The number of amides is 4. The van der Waals surface area contributed by atoms with Crippen molar-refractivity contribution in [1.29, 1.82) is 0 Å². The average molecular weight is 742 g/mol. The zero-order valence-electron chi connectivity index (χ0n) is 30.0. The molecule has 7 atom stereocenters. The summed E-state index contributed by atoms with van der Waals surface area (Å²) in [5.41, 5.74) is -1.55. The fraction of sp³-hybridized carbons (Fsp3) is 0.583. The van der Waals surface area contributed by atoms with Crippen LogP contribution in [0.1, 0.15) is 65.7 Å². The van der Waals surface area contributed by atoms with E-state index in [4.69, 9.17) is 14.2 Å². The SMILES string of the molecule is COc1ccc2c(O[C@@H]3C[C@H]4C(=O)N[C@]5(C(=O)NS(=O)(=O)C6(C)CC6)C[C@H]5C=CCC[C@@H](C)C[C@@H](C)[C@H](NC(=O)O)C(=O)N4C3)ncc(OC)c2c1. The third kappa shape index (κ3) is 7.21. The van der Waals surface area contributed by atoms with Crippen LogP contribution in [0.25, 0.3) is 10.8 Å². The molecule has 1 aromatic heterocycles. The Morgan fingerprint density at radius 3 is 2.52 bits per heavy atom. The quantitative estimate of drug-likeness (QED) is 0.290. The molecule has 0 radical (unpaired) electrons. The first-order chi connectivity index (χ1) is 24.6. The van der Waals surface area contributed by atoms with Crippen LogP contribution in [-0.2, 0) is 24.4 Å². The Bertz CT molecular complexity index is 1900. The van der Waals surface area contributed by atoms with Crippen molar-refractivity contribution in [3.05, 3.63) is 36.5 Å². The number of benzene rings is 1. The van der Waals surface area contributed by atoms with E-state index in [1.54, 1.807) is 39.2 Å². The molecular weight excluding hydrogens is 694 g/mol. The van der Waals surface area contributed by atoms with Gasteiger partial charge in [0.2, 0.25) is 27.7 Å². The summed E-state index contributed by atoms with van der Waals surface area (Å²) < 4.78 is 44.7. The summed E-state index contributed by atoms with van der Waals surface area (Å²) in [4.78, 5) is 60.3. The summed E-state index contributed by atoms with van der Waals surface area (Å²) >= 11 is 0. The van der Waals surface area contributed by atoms with E-state index in [2.05, 4.69) is 20.3 Å². The lowest BCUT2D eigenvalue weighted by atomic mass is 9.88. The summed E-state index contributed by atoms with van der Waals surface area (Å²) in [6, 6.07) is 2.93. The lowest BCUT2D eigenvalue weighted by molar-refractivity contribution is -0.142. The van der Waals surface area contributed by atoms with Crippen LogP contribution < -0.4 is 29.6 Å². The number of allylic oxidation sites excluding steroid dienone is 1. The molecule has 1 saturated heterocycles. The number of hydrogen-bond donors (Lipinski definition) is 4. The maximum atomic E-state index is 14.4. The minimum absolute atomic E-state index is 0.0118. The highest BCUT2D eigenvalue weighted by Crippen LogP contribution is 2.47. The molecule has 2 saturated carbocycles. The molecule has 4 aliphatic rings. The predicted molar refractivity (Wildman–Crippen MR) is 189 cm³/mol. The number of methoxy groups -OCH3 is 2. The number of fused-ring (bicyclic) bond motifs is 3. The van der Waals surface area contributed by atoms with Gasteiger partial charge in [-0.2, -0.15) is 0 Å². The largest absolute Gasteiger partial charge is 0.497 e. The van der Waals surface area contributed by atoms with Gasteiger partial charge in [0.25, 0.3) is 5.91 Å². The Kier molecular flexibility index (Phi) is 10.1. The van der Waals surface area contributed by atoms with Crippen molar-refractivity contribution >= 4 is 44.6 Å². The number of nitrogens with zero attached hydrogens (tertiary/aromatic N) is 2. The molecule has 0 bridgehead atoms. The number of rotatable bonds is 8. The van der Waals surface area contributed by atoms with E-state index in [-0.39, 0.29) is 31.2 Å². The number of ether oxygens (including phenoxy) is 3. The molecule has 16 heteroatoms. The van der Waals surface area contributed by atoms with Gasteiger partial charge in [-0.15, -0.1) is 0 Å². The number of pyridine rings is 1. The molecule has 1 aromatic carbocycles. The Morgan fingerprint density at radius 2 is 1.85 bits per heavy atom. The second-order valence-electron chi connectivity index (χ2n) is 14.9. The Balaban J connectivity index is 1.35. The van der Waals surface area contributed by atoms with Gasteiger partial charge < -0.3 is 34.9 Å². The lowest BCUT2D eigenvalue weighted by Crippen LogP contribution is -2.59. The van der Waals surface area contributed by atoms with Crippen molar-refractivity contribution in [1.82, 2.24) is 25.2 Å². The van der Waals surface area contributed by atoms with Crippen molar-refractivity contribution in [3.8, 4) is 17.4 Å². The first-order valence-electron chi connectivity index (χ1n) is 17.6. The highest BCUT2D eigenvalue weighted by molar-refractivity contribution is 7.91. The Morgan fingerprint density at radius 1 is 1.10 bits per heavy atom. The van der Waals surface area contributed by atoms with Gasteiger partial charge >= 0.3 is 6.09 Å². The van der Waals surface area contributed by atoms with Crippen LogP contribution in [0.4, 0.5) is 4.79 Å². The van der Waals surface area contributed by atoms with Gasteiger partial charge in [0.15, 0.2) is 0 Å². The number of aromatic nitrogens is 1. The average Bonchev–Trinajstić information content (AvgIpc) is 3.98. The molecular formula is C36H47N5O10S. The highest BCUT2D eigenvalue weighted by Gasteiger charge is 2.63. The van der Waals surface area contributed by atoms with E-state index >= 15 is 0 Å². The topological polar surface area (TPSA) is 203 Å². The molecule has 0 spiro atoms. The van der Waals surface area contributed by atoms with Crippen LogP contribution in [0.15, 0.2) is 36.5 Å². The highest BCUT2D eigenvalue weighted by atomic mass is 32.2. The number of sulfonamides is 1. The smallest absolute Gasteiger partial charge is 0.405 e. The van der Waals surface area contributed by atoms with Crippen molar-refractivity contribution in [2.45, 2.75) is 94.2 Å². The van der Waals surface area contributed by atoms with E-state index in [0.717, 1.165) is 6.42 Å². The van der Waals surface area contributed by atoms with Gasteiger partial charge in [-0.25, -0.2) is 18.2 Å². The van der Waals surface area contributed by atoms with Crippen molar-refractivity contribution in [2.24, 2.45) is 17.8 Å². The first kappa shape index (κ1) is 37.2. The molecule has 0 unspecified atom stereocenters. The minimum atomic E-state index is -4.01. The molecule has 3 heterocycles. The van der Waals surface area contributed by atoms with Gasteiger partial charge in [-0.05, 0) is 75.5 Å². The van der Waals surface area contributed by atoms with Crippen molar-refractivity contribution in [2.75, 3.05) is 20.8 Å². The lowest BCUT2D eigenvalue weighted by Gasteiger charge is -2.32. The van der Waals surface area contributed by atoms with Gasteiger partial charge in [-0.1, -0.05) is 26.0 Å². The standard InChI is InChI=1S/C36H47N5O10S/c1-20-8-6-7-9-22-17-36(22,33(44)40-52(47,48)35(3)12-13-35)39-30(42)27-16-24(19-41(27)32(43)29(21(2)14-20)38-34(45)46)51-31-25-11-10-23(49-4)15-26(25)28(50-5)18-37-31/h7,9-11,15,18,20-22,24,27,29,38H,6,8,12-14,16-17,19H2,1-5H3,(H,39,42)(H,40,44)(H,45,46)/t20-,21-,22-,24-,27+,29+,36-/m1/s1. The van der Waals surface area contributed by atoms with Crippen molar-refractivity contribution < 1.29 is 46.9 Å². The van der Waals surface area contributed by atoms with Crippen LogP contribution in [-0.4, -0.2) is 96.5 Å². The second-order valence-corrected chi connectivity index (χ2v) is 17.1. The minimum Gasteiger partial charge on any atom is -0.497 e. The normalized spacial score (nSPS) is 30.1. The van der Waals surface area contributed by atoms with Crippen LogP contribution in [0.3, 0.4) is 0 Å². The molecule has 15 nitrogen and oxygen atoms in total. The van der Waals surface area contributed by atoms with E-state index in [1.807, 2.05) is 19.1 Å². The van der Waals surface area contributed by atoms with Crippen LogP contribution in [0.2, 0.25) is 0 Å². The maximum absolute atomic E-state index is 14.4. The molecule has 2 aliphatic heterocycles. The Labute approximate surface area is 302 Å². The van der Waals surface area contributed by atoms with E-state index in [0.29, 0.717) is 48.0 Å². The molecule has 6 rings (SSSR count). The molecule has 4 amide bonds. The molecule has 52 heavy (non-hydrogen) atoms. The van der Waals surface area contributed by atoms with Gasteiger partial charge in [0, 0.05) is 23.1 Å². The van der Waals surface area contributed by atoms with Gasteiger partial charge in [-0.3, -0.25) is 19.1 Å². The number of hydrogen-bond acceptors (Lipinski definition) is 10. The summed E-state index contributed by atoms with van der Waals surface area (Å²) in [7, 11) is -0.948. The van der Waals surface area contributed by atoms with E-state index < -0.39 is 74.1 Å². The summed E-state index contributed by atoms with van der Waals surface area (Å²) in [5.74, 6) is -1.58. The number of carboxylic acid groups (broad SMARTS) is 1. The van der Waals surface area contributed by atoms with Crippen LogP contribution in [0.5, 0.6) is 17.4 Å².